The molecule has 0 saturated carbocycles. The van der Waals surface area contributed by atoms with Crippen LogP contribution in [-0.2, 0) is 11.2 Å². The fraction of sp³-hybridized carbons (Fsp3) is 0.500. The number of hydrogen-bond acceptors (Lipinski definition) is 2. The molecule has 0 fully saturated rings. The van der Waals surface area contributed by atoms with Gasteiger partial charge in [0.25, 0.3) is 0 Å². The van der Waals surface area contributed by atoms with Gasteiger partial charge in [-0.05, 0) is 34.5 Å². The Morgan fingerprint density at radius 1 is 1.24 bits per heavy atom. The summed E-state index contributed by atoms with van der Waals surface area (Å²) in [6.07, 6.45) is -4.18. The van der Waals surface area contributed by atoms with Gasteiger partial charge in [0, 0.05) is 11.6 Å². The molecule has 2 nitrogen and oxygen atoms in total. The highest BCUT2D eigenvalue weighted by atomic mass is 79.9. The molecule has 1 aromatic carbocycles. The Bertz CT molecular complexity index is 485. The normalized spacial score (nSPS) is 13.8. The molecule has 0 saturated heterocycles. The summed E-state index contributed by atoms with van der Waals surface area (Å²) in [7, 11) is 0. The quantitative estimate of drug-likeness (QED) is 0.581. The van der Waals surface area contributed by atoms with E-state index < -0.39 is 43.2 Å². The molecule has 9 heteroatoms. The number of alkyl halides is 4. The lowest BCUT2D eigenvalue weighted by molar-refractivity contribution is -0.166. The molecule has 0 spiro atoms. The molecule has 1 atom stereocenters. The molecule has 1 unspecified atom stereocenters. The third-order valence-corrected chi connectivity index (χ3v) is 3.16. The summed E-state index contributed by atoms with van der Waals surface area (Å²) in [4.78, 5) is 0. The van der Waals surface area contributed by atoms with Gasteiger partial charge in [0.15, 0.2) is 0 Å². The summed E-state index contributed by atoms with van der Waals surface area (Å²) < 4.78 is 80.3. The van der Waals surface area contributed by atoms with Crippen molar-refractivity contribution in [2.45, 2.75) is 24.8 Å². The van der Waals surface area contributed by atoms with Crippen molar-refractivity contribution in [1.82, 2.24) is 0 Å². The summed E-state index contributed by atoms with van der Waals surface area (Å²) in [6.45, 7) is -2.05. The van der Waals surface area contributed by atoms with Crippen molar-refractivity contribution in [3.63, 3.8) is 0 Å². The molecule has 120 valence electrons. The Balaban J connectivity index is 2.56. The van der Waals surface area contributed by atoms with Gasteiger partial charge in [-0.2, -0.15) is 8.78 Å². The number of halogens is 7. The van der Waals surface area contributed by atoms with Crippen LogP contribution in [0.2, 0.25) is 0 Å². The minimum Gasteiger partial charge on any atom is -0.373 e. The Morgan fingerprint density at radius 2 is 1.86 bits per heavy atom. The number of ether oxygens (including phenoxy) is 1. The third kappa shape index (κ3) is 5.15. The molecule has 1 rings (SSSR count). The highest BCUT2D eigenvalue weighted by Crippen LogP contribution is 2.24. The van der Waals surface area contributed by atoms with Crippen LogP contribution in [0.25, 0.3) is 0 Å². The minimum absolute atomic E-state index is 0.0243. The highest BCUT2D eigenvalue weighted by molar-refractivity contribution is 9.10. The van der Waals surface area contributed by atoms with Gasteiger partial charge in [0.1, 0.15) is 18.2 Å². The van der Waals surface area contributed by atoms with E-state index in [0.29, 0.717) is 0 Å². The van der Waals surface area contributed by atoms with Gasteiger partial charge < -0.3 is 10.5 Å². The van der Waals surface area contributed by atoms with Crippen molar-refractivity contribution < 1.29 is 31.1 Å². The van der Waals surface area contributed by atoms with Crippen molar-refractivity contribution in [2.75, 3.05) is 13.2 Å². The zero-order valence-electron chi connectivity index (χ0n) is 10.6. The van der Waals surface area contributed by atoms with Gasteiger partial charge in [-0.1, -0.05) is 0 Å². The van der Waals surface area contributed by atoms with E-state index in [1.807, 2.05) is 0 Å². The van der Waals surface area contributed by atoms with Gasteiger partial charge in [-0.15, -0.1) is 0 Å². The van der Waals surface area contributed by atoms with E-state index in [2.05, 4.69) is 20.7 Å². The predicted molar refractivity (Wildman–Crippen MR) is 67.5 cm³/mol. The molecule has 0 aliphatic carbocycles. The lowest BCUT2D eigenvalue weighted by atomic mass is 10.1. The average molecular weight is 380 g/mol. The van der Waals surface area contributed by atoms with Crippen molar-refractivity contribution in [2.24, 2.45) is 5.73 Å². The molecular formula is C12H12BrF6NO. The van der Waals surface area contributed by atoms with Gasteiger partial charge in [0.05, 0.1) is 11.1 Å². The van der Waals surface area contributed by atoms with Crippen LogP contribution in [0.3, 0.4) is 0 Å². The van der Waals surface area contributed by atoms with Crippen LogP contribution in [0.4, 0.5) is 26.3 Å². The smallest absolute Gasteiger partial charge is 0.330 e. The van der Waals surface area contributed by atoms with E-state index in [0.717, 1.165) is 6.07 Å². The van der Waals surface area contributed by atoms with Gasteiger partial charge >= 0.3 is 12.3 Å². The predicted octanol–water partition coefficient (Wildman–Crippen LogP) is 3.51. The second kappa shape index (κ2) is 7.46. The molecule has 2 N–H and O–H groups in total. The fourth-order valence-corrected chi connectivity index (χ4v) is 1.86. The minimum atomic E-state index is -4.29. The summed E-state index contributed by atoms with van der Waals surface area (Å²) in [6, 6.07) is 1.16. The Hall–Kier alpha value is -0.800. The van der Waals surface area contributed by atoms with E-state index in [1.165, 1.54) is 6.07 Å². The molecule has 0 amide bonds. The lowest BCUT2D eigenvalue weighted by Gasteiger charge is -2.18. The third-order valence-electron chi connectivity index (χ3n) is 2.55. The fourth-order valence-electron chi connectivity index (χ4n) is 1.49. The van der Waals surface area contributed by atoms with Crippen LogP contribution in [0, 0.1) is 11.6 Å². The van der Waals surface area contributed by atoms with E-state index in [9.17, 15) is 26.3 Å². The molecule has 0 aromatic heterocycles. The van der Waals surface area contributed by atoms with Crippen molar-refractivity contribution in [3.05, 3.63) is 33.8 Å². The largest absolute Gasteiger partial charge is 0.373 e. The van der Waals surface area contributed by atoms with E-state index >= 15 is 0 Å². The molecule has 0 bridgehead atoms. The Kier molecular flexibility index (Phi) is 6.48. The molecule has 0 aliphatic heterocycles. The maximum absolute atomic E-state index is 13.6. The summed E-state index contributed by atoms with van der Waals surface area (Å²) >= 11 is 2.87. The first-order valence-electron chi connectivity index (χ1n) is 5.76. The summed E-state index contributed by atoms with van der Waals surface area (Å²) in [5.41, 5.74) is 5.16. The van der Waals surface area contributed by atoms with Crippen LogP contribution in [0.5, 0.6) is 0 Å². The zero-order chi connectivity index (χ0) is 16.2. The molecule has 1 aromatic rings. The van der Waals surface area contributed by atoms with Gasteiger partial charge in [0.2, 0.25) is 0 Å². The monoisotopic (exact) mass is 379 g/mol. The number of rotatable bonds is 7. The second-order valence-electron chi connectivity index (χ2n) is 4.36. The molecule has 21 heavy (non-hydrogen) atoms. The zero-order valence-corrected chi connectivity index (χ0v) is 12.1. The standard InChI is InChI=1S/C12H12BrF6NO/c13-8-1-2-9(14)7(10(8)15)3-6(20)4-21-5-12(18,19)11(16)17/h1-2,6,11H,3-5,20H2. The van der Waals surface area contributed by atoms with Gasteiger partial charge in [-0.25, -0.2) is 17.6 Å². The van der Waals surface area contributed by atoms with Crippen LogP contribution in [0.1, 0.15) is 5.56 Å². The molecular weight excluding hydrogens is 368 g/mol. The van der Waals surface area contributed by atoms with Crippen molar-refractivity contribution >= 4 is 15.9 Å². The van der Waals surface area contributed by atoms with Crippen LogP contribution in [0.15, 0.2) is 16.6 Å². The maximum atomic E-state index is 13.6. The number of hydrogen-bond donors (Lipinski definition) is 1. The number of nitrogens with two attached hydrogens (primary N) is 1. The van der Waals surface area contributed by atoms with E-state index in [4.69, 9.17) is 5.73 Å². The van der Waals surface area contributed by atoms with E-state index in [1.54, 1.807) is 0 Å². The highest BCUT2D eigenvalue weighted by Gasteiger charge is 2.41. The summed E-state index contributed by atoms with van der Waals surface area (Å²) in [5, 5.41) is 0. The van der Waals surface area contributed by atoms with Gasteiger partial charge in [-0.3, -0.25) is 0 Å². The van der Waals surface area contributed by atoms with E-state index in [-0.39, 0.29) is 16.5 Å². The first-order valence-corrected chi connectivity index (χ1v) is 6.56. The maximum Gasteiger partial charge on any atom is 0.330 e. The first-order chi connectivity index (χ1) is 9.65. The summed E-state index contributed by atoms with van der Waals surface area (Å²) in [5.74, 6) is -5.99. The second-order valence-corrected chi connectivity index (χ2v) is 5.22. The lowest BCUT2D eigenvalue weighted by Crippen LogP contribution is -2.36. The van der Waals surface area contributed by atoms with Crippen LogP contribution < -0.4 is 5.73 Å². The SMILES string of the molecule is NC(COCC(F)(F)C(F)F)Cc1c(F)ccc(Br)c1F. The average Bonchev–Trinajstić information content (AvgIpc) is 2.39. The Labute approximate surface area is 125 Å². The van der Waals surface area contributed by atoms with Crippen molar-refractivity contribution in [3.8, 4) is 0 Å². The molecule has 0 aliphatic rings. The number of benzene rings is 1. The molecule has 0 heterocycles. The van der Waals surface area contributed by atoms with Crippen molar-refractivity contribution in [1.29, 1.82) is 0 Å². The topological polar surface area (TPSA) is 35.2 Å². The van der Waals surface area contributed by atoms with Crippen LogP contribution in [-0.4, -0.2) is 31.6 Å². The Morgan fingerprint density at radius 3 is 2.43 bits per heavy atom. The first kappa shape index (κ1) is 18.2. The van der Waals surface area contributed by atoms with Crippen LogP contribution >= 0.6 is 15.9 Å². The molecule has 0 radical (unpaired) electrons.